The number of aliphatic carboxylic acids is 1. The van der Waals surface area contributed by atoms with Crippen molar-refractivity contribution in [3.63, 3.8) is 0 Å². The molecule has 2 rings (SSSR count). The summed E-state index contributed by atoms with van der Waals surface area (Å²) in [6, 6.07) is 1.95. The van der Waals surface area contributed by atoms with Crippen LogP contribution in [0.2, 0.25) is 0 Å². The monoisotopic (exact) mass is 224 g/mol. The largest absolute Gasteiger partial charge is 0.481 e. The summed E-state index contributed by atoms with van der Waals surface area (Å²) in [6.07, 6.45) is -0.164. The van der Waals surface area contributed by atoms with Crippen LogP contribution in [0.15, 0.2) is 0 Å². The first-order valence-electron chi connectivity index (χ1n) is 5.16. The predicted octanol–water partition coefficient (Wildman–Crippen LogP) is -0.542. The van der Waals surface area contributed by atoms with Gasteiger partial charge in [0.15, 0.2) is 6.10 Å². The van der Waals surface area contributed by atoms with Crippen molar-refractivity contribution in [2.45, 2.75) is 12.5 Å². The molecule has 6 nitrogen and oxygen atoms in total. The van der Waals surface area contributed by atoms with Gasteiger partial charge in [-0.3, -0.25) is 9.59 Å². The van der Waals surface area contributed by atoms with Crippen molar-refractivity contribution in [1.82, 2.24) is 4.90 Å². The first kappa shape index (κ1) is 10.9. The molecule has 86 valence electrons. The number of nitriles is 1. The first-order chi connectivity index (χ1) is 7.63. The van der Waals surface area contributed by atoms with Gasteiger partial charge in [0.05, 0.1) is 31.1 Å². The van der Waals surface area contributed by atoms with E-state index in [1.165, 1.54) is 4.90 Å². The molecule has 6 heteroatoms. The molecule has 0 bridgehead atoms. The van der Waals surface area contributed by atoms with Crippen LogP contribution < -0.4 is 0 Å². The van der Waals surface area contributed by atoms with Gasteiger partial charge in [-0.2, -0.15) is 5.26 Å². The Morgan fingerprint density at radius 3 is 2.75 bits per heavy atom. The van der Waals surface area contributed by atoms with Crippen LogP contribution >= 0.6 is 0 Å². The van der Waals surface area contributed by atoms with E-state index >= 15 is 0 Å². The number of ether oxygens (including phenoxy) is 1. The molecule has 16 heavy (non-hydrogen) atoms. The molecule has 0 spiro atoms. The molecule has 0 radical (unpaired) electrons. The maximum absolute atomic E-state index is 11.8. The molecule has 0 aromatic heterocycles. The van der Waals surface area contributed by atoms with E-state index in [1.807, 2.05) is 6.07 Å². The van der Waals surface area contributed by atoms with Gasteiger partial charge in [-0.05, 0) is 6.42 Å². The smallest absolute Gasteiger partial charge is 0.307 e. The minimum Gasteiger partial charge on any atom is -0.481 e. The Hall–Kier alpha value is -1.61. The summed E-state index contributed by atoms with van der Waals surface area (Å²) in [5.41, 5.74) is 0. The number of nitrogens with zero attached hydrogens (tertiary/aromatic N) is 2. The zero-order chi connectivity index (χ0) is 11.7. The van der Waals surface area contributed by atoms with Gasteiger partial charge in [-0.25, -0.2) is 0 Å². The van der Waals surface area contributed by atoms with E-state index < -0.39 is 23.9 Å². The van der Waals surface area contributed by atoms with Gasteiger partial charge in [0, 0.05) is 6.54 Å². The third-order valence-corrected chi connectivity index (χ3v) is 2.95. The van der Waals surface area contributed by atoms with Gasteiger partial charge in [0.25, 0.3) is 0 Å². The van der Waals surface area contributed by atoms with Gasteiger partial charge in [0.2, 0.25) is 5.91 Å². The quantitative estimate of drug-likeness (QED) is 0.680. The normalized spacial score (nSPS) is 32.9. The van der Waals surface area contributed by atoms with Crippen molar-refractivity contribution in [1.29, 1.82) is 5.26 Å². The Labute approximate surface area is 92.4 Å². The van der Waals surface area contributed by atoms with E-state index in [0.717, 1.165) is 0 Å². The predicted molar refractivity (Wildman–Crippen MR) is 51.2 cm³/mol. The lowest BCUT2D eigenvalue weighted by Crippen LogP contribution is -2.46. The highest BCUT2D eigenvalue weighted by Crippen LogP contribution is 2.40. The molecule has 1 amide bonds. The summed E-state index contributed by atoms with van der Waals surface area (Å²) in [4.78, 5) is 24.0. The molecular formula is C10H12N2O4. The second kappa shape index (κ2) is 4.10. The molecule has 0 aromatic rings. The SMILES string of the molecule is N#CC1CN(C(=O)[C@@H]2C[C@@H]2C(=O)O)CCO1. The van der Waals surface area contributed by atoms with Gasteiger partial charge in [0.1, 0.15) is 0 Å². The summed E-state index contributed by atoms with van der Waals surface area (Å²) in [6.45, 7) is 1.03. The number of morpholine rings is 1. The lowest BCUT2D eigenvalue weighted by molar-refractivity contribution is -0.144. The maximum atomic E-state index is 11.8. The van der Waals surface area contributed by atoms with Gasteiger partial charge in [-0.1, -0.05) is 0 Å². The van der Waals surface area contributed by atoms with E-state index in [-0.39, 0.29) is 12.5 Å². The van der Waals surface area contributed by atoms with Crippen molar-refractivity contribution in [2.24, 2.45) is 11.8 Å². The molecule has 1 heterocycles. The zero-order valence-electron chi connectivity index (χ0n) is 8.63. The first-order valence-corrected chi connectivity index (χ1v) is 5.16. The maximum Gasteiger partial charge on any atom is 0.307 e. The Balaban J connectivity index is 1.91. The Bertz CT molecular complexity index is 362. The fourth-order valence-electron chi connectivity index (χ4n) is 1.90. The molecular weight excluding hydrogens is 212 g/mol. The molecule has 3 atom stereocenters. The zero-order valence-corrected chi connectivity index (χ0v) is 8.63. The summed E-state index contributed by atoms with van der Waals surface area (Å²) in [7, 11) is 0. The van der Waals surface area contributed by atoms with Crippen molar-refractivity contribution in [3.8, 4) is 6.07 Å². The van der Waals surface area contributed by atoms with E-state index in [2.05, 4.69) is 0 Å². The average molecular weight is 224 g/mol. The van der Waals surface area contributed by atoms with Crippen LogP contribution in [0.3, 0.4) is 0 Å². The fraction of sp³-hybridized carbons (Fsp3) is 0.700. The molecule has 1 saturated carbocycles. The van der Waals surface area contributed by atoms with Gasteiger partial charge >= 0.3 is 5.97 Å². The molecule has 1 aliphatic heterocycles. The van der Waals surface area contributed by atoms with E-state index in [0.29, 0.717) is 19.6 Å². The third kappa shape index (κ3) is 1.99. The highest BCUT2D eigenvalue weighted by molar-refractivity contribution is 5.89. The Morgan fingerprint density at radius 2 is 2.19 bits per heavy atom. The highest BCUT2D eigenvalue weighted by Gasteiger charge is 2.50. The van der Waals surface area contributed by atoms with Crippen LogP contribution in [0, 0.1) is 23.2 Å². The molecule has 0 aromatic carbocycles. The summed E-state index contributed by atoms with van der Waals surface area (Å²) in [5.74, 6) is -2.00. The summed E-state index contributed by atoms with van der Waals surface area (Å²) >= 11 is 0. The van der Waals surface area contributed by atoms with E-state index in [1.54, 1.807) is 0 Å². The standard InChI is InChI=1S/C10H12N2O4/c11-4-6-5-12(1-2-16-6)9(13)7-3-8(7)10(14)15/h6-8H,1-3,5H2,(H,14,15)/t6?,7-,8+/m1/s1. The number of amides is 1. The Morgan fingerprint density at radius 1 is 1.44 bits per heavy atom. The summed E-state index contributed by atoms with van der Waals surface area (Å²) < 4.78 is 5.11. The number of rotatable bonds is 2. The average Bonchev–Trinajstić information content (AvgIpc) is 3.08. The minimum atomic E-state index is -0.913. The number of hydrogen-bond donors (Lipinski definition) is 1. The molecule has 1 N–H and O–H groups in total. The van der Waals surface area contributed by atoms with Crippen molar-refractivity contribution in [3.05, 3.63) is 0 Å². The van der Waals surface area contributed by atoms with Crippen LogP contribution in [0.1, 0.15) is 6.42 Å². The van der Waals surface area contributed by atoms with Crippen LogP contribution in [0.4, 0.5) is 0 Å². The van der Waals surface area contributed by atoms with E-state index in [4.69, 9.17) is 15.1 Å². The summed E-state index contributed by atoms with van der Waals surface area (Å²) in [5, 5.41) is 17.4. The highest BCUT2D eigenvalue weighted by atomic mass is 16.5. The molecule has 1 saturated heterocycles. The molecule has 2 aliphatic rings. The molecule has 2 fully saturated rings. The van der Waals surface area contributed by atoms with Crippen molar-refractivity contribution in [2.75, 3.05) is 19.7 Å². The van der Waals surface area contributed by atoms with Gasteiger partial charge < -0.3 is 14.7 Å². The lowest BCUT2D eigenvalue weighted by atomic mass is 10.2. The fourth-order valence-corrected chi connectivity index (χ4v) is 1.90. The van der Waals surface area contributed by atoms with Gasteiger partial charge in [-0.15, -0.1) is 0 Å². The van der Waals surface area contributed by atoms with Crippen molar-refractivity contribution >= 4 is 11.9 Å². The second-order valence-electron chi connectivity index (χ2n) is 4.06. The molecule has 1 aliphatic carbocycles. The number of carbonyl (C=O) groups is 2. The topological polar surface area (TPSA) is 90.6 Å². The van der Waals surface area contributed by atoms with Crippen molar-refractivity contribution < 1.29 is 19.4 Å². The van der Waals surface area contributed by atoms with E-state index in [9.17, 15) is 9.59 Å². The number of carbonyl (C=O) groups excluding carboxylic acids is 1. The second-order valence-corrected chi connectivity index (χ2v) is 4.06. The van der Waals surface area contributed by atoms with Crippen LogP contribution in [-0.4, -0.2) is 47.7 Å². The lowest BCUT2D eigenvalue weighted by Gasteiger charge is -2.29. The number of carboxylic acids is 1. The number of hydrogen-bond acceptors (Lipinski definition) is 4. The van der Waals surface area contributed by atoms with Crippen LogP contribution in [0.5, 0.6) is 0 Å². The number of carboxylic acid groups (broad SMARTS) is 1. The molecule has 1 unspecified atom stereocenters. The van der Waals surface area contributed by atoms with Crippen LogP contribution in [0.25, 0.3) is 0 Å². The minimum absolute atomic E-state index is 0.157. The van der Waals surface area contributed by atoms with Crippen LogP contribution in [-0.2, 0) is 14.3 Å². The third-order valence-electron chi connectivity index (χ3n) is 2.95. The Kier molecular flexibility index (Phi) is 2.79.